The molecular formula is C34H64. The predicted molar refractivity (Wildman–Crippen MR) is 152 cm³/mol. The molecule has 3 aliphatic carbocycles. The zero-order valence-electron chi connectivity index (χ0n) is 23.8. The van der Waals surface area contributed by atoms with Gasteiger partial charge in [-0.3, -0.25) is 0 Å². The molecule has 0 heterocycles. The fourth-order valence-corrected chi connectivity index (χ4v) is 8.23. The number of hydrogen-bond acceptors (Lipinski definition) is 0. The van der Waals surface area contributed by atoms with Gasteiger partial charge in [0.1, 0.15) is 0 Å². The van der Waals surface area contributed by atoms with E-state index in [9.17, 15) is 0 Å². The van der Waals surface area contributed by atoms with Gasteiger partial charge in [0, 0.05) is 0 Å². The highest BCUT2D eigenvalue weighted by Gasteiger charge is 2.29. The Morgan fingerprint density at radius 1 is 0.324 bits per heavy atom. The smallest absolute Gasteiger partial charge is 0.0411 e. The molecule has 0 bridgehead atoms. The van der Waals surface area contributed by atoms with E-state index in [0.717, 1.165) is 35.5 Å². The van der Waals surface area contributed by atoms with Gasteiger partial charge in [-0.05, 0) is 48.3 Å². The van der Waals surface area contributed by atoms with Gasteiger partial charge in [-0.15, -0.1) is 0 Å². The molecular weight excluding hydrogens is 408 g/mol. The van der Waals surface area contributed by atoms with Gasteiger partial charge in [-0.1, -0.05) is 168 Å². The van der Waals surface area contributed by atoms with Crippen LogP contribution in [0.2, 0.25) is 0 Å². The summed E-state index contributed by atoms with van der Waals surface area (Å²) in [6, 6.07) is 0. The fraction of sp³-hybridized carbons (Fsp3) is 1.00. The molecule has 200 valence electrons. The van der Waals surface area contributed by atoms with E-state index in [1.807, 2.05) is 0 Å². The molecule has 0 N–H and O–H groups in total. The van der Waals surface area contributed by atoms with Crippen molar-refractivity contribution in [1.29, 1.82) is 0 Å². The van der Waals surface area contributed by atoms with Crippen LogP contribution in [0.25, 0.3) is 0 Å². The van der Waals surface area contributed by atoms with Crippen LogP contribution in [0.1, 0.15) is 181 Å². The van der Waals surface area contributed by atoms with E-state index in [0.29, 0.717) is 0 Å². The maximum absolute atomic E-state index is 2.33. The van der Waals surface area contributed by atoms with Gasteiger partial charge >= 0.3 is 0 Å². The average Bonchev–Trinajstić information content (AvgIpc) is 2.87. The Morgan fingerprint density at radius 2 is 0.588 bits per heavy atom. The van der Waals surface area contributed by atoms with Crippen LogP contribution in [0.3, 0.4) is 0 Å². The number of unbranched alkanes of at least 4 members (excludes halogenated alkanes) is 8. The molecule has 0 amide bonds. The van der Waals surface area contributed by atoms with Gasteiger partial charge in [0.15, 0.2) is 0 Å². The molecule has 3 aliphatic rings. The Bertz CT molecular complexity index is 412. The van der Waals surface area contributed by atoms with Crippen LogP contribution in [0.5, 0.6) is 0 Å². The summed E-state index contributed by atoms with van der Waals surface area (Å²) in [5.41, 5.74) is 0. The minimum atomic E-state index is 1.09. The van der Waals surface area contributed by atoms with Crippen LogP contribution in [0.4, 0.5) is 0 Å². The third-order valence-corrected chi connectivity index (χ3v) is 10.7. The molecule has 3 saturated carbocycles. The Kier molecular flexibility index (Phi) is 14.7. The van der Waals surface area contributed by atoms with Gasteiger partial charge in [-0.2, -0.15) is 0 Å². The van der Waals surface area contributed by atoms with Gasteiger partial charge in [0.05, 0.1) is 0 Å². The quantitative estimate of drug-likeness (QED) is 0.196. The third kappa shape index (κ3) is 11.4. The summed E-state index contributed by atoms with van der Waals surface area (Å²) < 4.78 is 0. The first-order valence-corrected chi connectivity index (χ1v) is 16.8. The first kappa shape index (κ1) is 28.6. The van der Waals surface area contributed by atoms with Crippen LogP contribution in [0, 0.1) is 35.5 Å². The summed E-state index contributed by atoms with van der Waals surface area (Å²) in [6.45, 7) is 4.66. The average molecular weight is 473 g/mol. The lowest BCUT2D eigenvalue weighted by Crippen LogP contribution is -2.23. The maximum atomic E-state index is 2.33. The summed E-state index contributed by atoms with van der Waals surface area (Å²) in [6.07, 6.45) is 39.8. The van der Waals surface area contributed by atoms with Crippen molar-refractivity contribution in [2.24, 2.45) is 35.5 Å². The summed E-state index contributed by atoms with van der Waals surface area (Å²) in [5, 5.41) is 0. The Morgan fingerprint density at radius 3 is 0.882 bits per heavy atom. The number of rotatable bonds is 16. The minimum absolute atomic E-state index is 1.09. The van der Waals surface area contributed by atoms with E-state index in [1.54, 1.807) is 103 Å². The van der Waals surface area contributed by atoms with Crippen LogP contribution < -0.4 is 0 Å². The third-order valence-electron chi connectivity index (χ3n) is 10.7. The van der Waals surface area contributed by atoms with Gasteiger partial charge in [-0.25, -0.2) is 0 Å². The van der Waals surface area contributed by atoms with Crippen molar-refractivity contribution in [1.82, 2.24) is 0 Å². The van der Waals surface area contributed by atoms with Crippen LogP contribution >= 0.6 is 0 Å². The van der Waals surface area contributed by atoms with E-state index in [2.05, 4.69) is 13.8 Å². The maximum Gasteiger partial charge on any atom is -0.0411 e. The van der Waals surface area contributed by atoms with Gasteiger partial charge in [0.2, 0.25) is 0 Å². The fourth-order valence-electron chi connectivity index (χ4n) is 8.23. The summed E-state index contributed by atoms with van der Waals surface area (Å²) in [4.78, 5) is 0. The highest BCUT2D eigenvalue weighted by molar-refractivity contribution is 4.81. The molecule has 34 heavy (non-hydrogen) atoms. The summed E-state index contributed by atoms with van der Waals surface area (Å²) in [5.74, 6) is 6.55. The minimum Gasteiger partial charge on any atom is -0.0654 e. The highest BCUT2D eigenvalue weighted by Crippen LogP contribution is 2.42. The van der Waals surface area contributed by atoms with Crippen molar-refractivity contribution in [2.75, 3.05) is 0 Å². The monoisotopic (exact) mass is 473 g/mol. The molecule has 0 heteroatoms. The van der Waals surface area contributed by atoms with Crippen molar-refractivity contribution in [3.8, 4) is 0 Å². The topological polar surface area (TPSA) is 0 Å². The van der Waals surface area contributed by atoms with E-state index >= 15 is 0 Å². The summed E-state index contributed by atoms with van der Waals surface area (Å²) in [7, 11) is 0. The highest BCUT2D eigenvalue weighted by atomic mass is 14.3. The van der Waals surface area contributed by atoms with E-state index < -0.39 is 0 Å². The zero-order chi connectivity index (χ0) is 23.8. The largest absolute Gasteiger partial charge is 0.0654 e. The van der Waals surface area contributed by atoms with Gasteiger partial charge in [0.25, 0.3) is 0 Å². The summed E-state index contributed by atoms with van der Waals surface area (Å²) >= 11 is 0. The van der Waals surface area contributed by atoms with E-state index in [4.69, 9.17) is 0 Å². The number of hydrogen-bond donors (Lipinski definition) is 0. The lowest BCUT2D eigenvalue weighted by atomic mass is 9.70. The van der Waals surface area contributed by atoms with Crippen LogP contribution in [-0.4, -0.2) is 0 Å². The molecule has 0 aromatic carbocycles. The molecule has 0 atom stereocenters. The van der Waals surface area contributed by atoms with Crippen molar-refractivity contribution in [3.05, 3.63) is 0 Å². The van der Waals surface area contributed by atoms with E-state index in [-0.39, 0.29) is 0 Å². The lowest BCUT2D eigenvalue weighted by Gasteiger charge is -2.36. The molecule has 0 saturated heterocycles. The molecule has 0 aromatic heterocycles. The molecule has 0 spiro atoms. The van der Waals surface area contributed by atoms with Gasteiger partial charge < -0.3 is 0 Å². The second-order valence-corrected chi connectivity index (χ2v) is 13.5. The lowest BCUT2D eigenvalue weighted by molar-refractivity contribution is 0.161. The first-order valence-electron chi connectivity index (χ1n) is 16.8. The second-order valence-electron chi connectivity index (χ2n) is 13.5. The molecule has 0 aliphatic heterocycles. The molecule has 3 rings (SSSR count). The Labute approximate surface area is 216 Å². The molecule has 0 nitrogen and oxygen atoms in total. The van der Waals surface area contributed by atoms with Crippen molar-refractivity contribution < 1.29 is 0 Å². The van der Waals surface area contributed by atoms with E-state index in [1.165, 1.54) is 64.2 Å². The SMILES string of the molecule is CCCCCCC[C@H]1CC[C@H](C[C@H]2CC[C@H](C[C@H]3CC[C@H](CCCCCCC)CC3)CC2)CC1. The standard InChI is InChI=1S/C34H64/c1-3-5-7-9-11-13-29-15-19-31(20-16-29)27-33-23-25-34(26-24-33)28-32-21-17-30(18-22-32)14-12-10-8-6-4-2/h29-34H,3-28H2,1-2H3/t29-,30-,31-,32-,33-,34-. The van der Waals surface area contributed by atoms with Crippen molar-refractivity contribution in [2.45, 2.75) is 181 Å². The molecule has 0 unspecified atom stereocenters. The van der Waals surface area contributed by atoms with Crippen molar-refractivity contribution in [3.63, 3.8) is 0 Å². The van der Waals surface area contributed by atoms with Crippen molar-refractivity contribution >= 4 is 0 Å². The second kappa shape index (κ2) is 17.5. The normalized spacial score (nSPS) is 32.6. The zero-order valence-corrected chi connectivity index (χ0v) is 23.8. The Hall–Kier alpha value is 0. The molecule has 3 fully saturated rings. The predicted octanol–water partition coefficient (Wildman–Crippen LogP) is 11.9. The first-order chi connectivity index (χ1) is 16.8. The Balaban J connectivity index is 1.18. The van der Waals surface area contributed by atoms with Crippen LogP contribution in [0.15, 0.2) is 0 Å². The van der Waals surface area contributed by atoms with Crippen LogP contribution in [-0.2, 0) is 0 Å². The molecule has 0 aromatic rings. The molecule has 0 radical (unpaired) electrons.